The summed E-state index contributed by atoms with van der Waals surface area (Å²) in [6, 6.07) is 3.68. The number of nitrogens with two attached hydrogens (primary N) is 1. The summed E-state index contributed by atoms with van der Waals surface area (Å²) in [5.41, 5.74) is 6.45. The number of hydrogen-bond acceptors (Lipinski definition) is 7. The van der Waals surface area contributed by atoms with Gasteiger partial charge in [-0.3, -0.25) is 4.79 Å². The first-order valence-corrected chi connectivity index (χ1v) is 8.69. The first-order chi connectivity index (χ1) is 11.6. The average molecular weight is 350 g/mol. The Kier molecular flexibility index (Phi) is 5.17. The van der Waals surface area contributed by atoms with Crippen molar-refractivity contribution in [3.63, 3.8) is 0 Å². The molecule has 2 heterocycles. The molecule has 3 rings (SSSR count). The predicted molar refractivity (Wildman–Crippen MR) is 93.6 cm³/mol. The monoisotopic (exact) mass is 350 g/mol. The molecule has 7 nitrogen and oxygen atoms in total. The lowest BCUT2D eigenvalue weighted by Crippen LogP contribution is -2.48. The number of rotatable bonds is 5. The molecule has 0 saturated carbocycles. The van der Waals surface area contributed by atoms with Crippen LogP contribution in [0.5, 0.6) is 11.5 Å². The van der Waals surface area contributed by atoms with E-state index in [1.54, 1.807) is 13.2 Å². The topological polar surface area (TPSA) is 80.9 Å². The van der Waals surface area contributed by atoms with E-state index in [1.165, 1.54) is 11.3 Å². The number of likely N-dealkylation sites (N-methyl/N-ethyl adjacent to an activating group) is 1. The standard InChI is InChI=1S/C16H22N4O3S/c1-19-3-5-20(6-4-19)16(21)10-23-13-7-11-14(8-12(13)22-2)24-15(9-17)18-11/h7-8H,3-6,9-10,17H2,1-2H3. The number of carbonyl (C=O) groups excluding carboxylic acids is 1. The summed E-state index contributed by atoms with van der Waals surface area (Å²) in [4.78, 5) is 20.8. The van der Waals surface area contributed by atoms with Crippen LogP contribution < -0.4 is 15.2 Å². The van der Waals surface area contributed by atoms with Gasteiger partial charge in [0, 0.05) is 44.9 Å². The minimum atomic E-state index is -0.00817. The Morgan fingerprint density at radius 1 is 1.29 bits per heavy atom. The van der Waals surface area contributed by atoms with Gasteiger partial charge >= 0.3 is 0 Å². The summed E-state index contributed by atoms with van der Waals surface area (Å²) in [6.45, 7) is 3.66. The van der Waals surface area contributed by atoms with E-state index < -0.39 is 0 Å². The summed E-state index contributed by atoms with van der Waals surface area (Å²) in [5, 5.41) is 0.859. The quantitative estimate of drug-likeness (QED) is 0.864. The van der Waals surface area contributed by atoms with Gasteiger partial charge in [-0.15, -0.1) is 11.3 Å². The van der Waals surface area contributed by atoms with Crippen molar-refractivity contribution < 1.29 is 14.3 Å². The number of benzene rings is 1. The maximum atomic E-state index is 12.3. The molecule has 0 radical (unpaired) electrons. The van der Waals surface area contributed by atoms with E-state index in [-0.39, 0.29) is 12.5 Å². The lowest BCUT2D eigenvalue weighted by atomic mass is 10.3. The van der Waals surface area contributed by atoms with Crippen LogP contribution in [-0.2, 0) is 11.3 Å². The van der Waals surface area contributed by atoms with Crippen LogP contribution in [0.3, 0.4) is 0 Å². The van der Waals surface area contributed by atoms with Gasteiger partial charge in [0.1, 0.15) is 5.01 Å². The fourth-order valence-electron chi connectivity index (χ4n) is 2.63. The van der Waals surface area contributed by atoms with E-state index in [2.05, 4.69) is 16.9 Å². The van der Waals surface area contributed by atoms with Gasteiger partial charge in [-0.1, -0.05) is 0 Å². The molecule has 1 aromatic carbocycles. The van der Waals surface area contributed by atoms with Crippen molar-refractivity contribution in [1.82, 2.24) is 14.8 Å². The number of aromatic nitrogens is 1. The molecule has 1 amide bonds. The zero-order valence-electron chi connectivity index (χ0n) is 13.9. The fraction of sp³-hybridized carbons (Fsp3) is 0.500. The van der Waals surface area contributed by atoms with Gasteiger partial charge in [-0.2, -0.15) is 0 Å². The first kappa shape index (κ1) is 16.9. The number of nitrogens with zero attached hydrogens (tertiary/aromatic N) is 3. The molecule has 0 aliphatic carbocycles. The average Bonchev–Trinajstić information content (AvgIpc) is 3.01. The molecule has 0 unspecified atom stereocenters. The molecule has 1 aromatic heterocycles. The molecular formula is C16H22N4O3S. The number of carbonyl (C=O) groups is 1. The molecule has 0 spiro atoms. The van der Waals surface area contributed by atoms with Gasteiger partial charge in [0.05, 0.1) is 17.3 Å². The molecule has 1 saturated heterocycles. The van der Waals surface area contributed by atoms with Crippen molar-refractivity contribution in [3.05, 3.63) is 17.1 Å². The van der Waals surface area contributed by atoms with Crippen LogP contribution in [0.15, 0.2) is 12.1 Å². The van der Waals surface area contributed by atoms with E-state index in [1.807, 2.05) is 11.0 Å². The highest BCUT2D eigenvalue weighted by atomic mass is 32.1. The molecule has 2 aromatic rings. The van der Waals surface area contributed by atoms with E-state index in [9.17, 15) is 4.79 Å². The number of amides is 1. The highest BCUT2D eigenvalue weighted by Gasteiger charge is 2.20. The van der Waals surface area contributed by atoms with Crippen LogP contribution in [0.2, 0.25) is 0 Å². The van der Waals surface area contributed by atoms with Crippen molar-refractivity contribution in [3.8, 4) is 11.5 Å². The SMILES string of the molecule is COc1cc2sc(CN)nc2cc1OCC(=O)N1CCN(C)CC1. The smallest absolute Gasteiger partial charge is 0.260 e. The molecule has 2 N–H and O–H groups in total. The Labute approximate surface area is 144 Å². The van der Waals surface area contributed by atoms with E-state index in [0.717, 1.165) is 41.4 Å². The number of fused-ring (bicyclic) bond motifs is 1. The van der Waals surface area contributed by atoms with Crippen molar-refractivity contribution in [2.45, 2.75) is 6.54 Å². The number of ether oxygens (including phenoxy) is 2. The van der Waals surface area contributed by atoms with Crippen molar-refractivity contribution in [2.24, 2.45) is 5.73 Å². The lowest BCUT2D eigenvalue weighted by molar-refractivity contribution is -0.134. The molecule has 8 heteroatoms. The molecule has 1 fully saturated rings. The number of methoxy groups -OCH3 is 1. The van der Waals surface area contributed by atoms with Gasteiger partial charge in [-0.05, 0) is 7.05 Å². The number of hydrogen-bond donors (Lipinski definition) is 1. The molecular weight excluding hydrogens is 328 g/mol. The fourth-order valence-corrected chi connectivity index (χ4v) is 3.49. The largest absolute Gasteiger partial charge is 0.493 e. The van der Waals surface area contributed by atoms with Gasteiger partial charge in [0.25, 0.3) is 5.91 Å². The molecule has 24 heavy (non-hydrogen) atoms. The number of piperazine rings is 1. The zero-order chi connectivity index (χ0) is 17.1. The Morgan fingerprint density at radius 3 is 2.71 bits per heavy atom. The third kappa shape index (κ3) is 3.61. The second kappa shape index (κ2) is 7.33. The van der Waals surface area contributed by atoms with E-state index in [4.69, 9.17) is 15.2 Å². The Bertz CT molecular complexity index is 725. The van der Waals surface area contributed by atoms with Crippen LogP contribution in [0.4, 0.5) is 0 Å². The Morgan fingerprint density at radius 2 is 2.04 bits per heavy atom. The van der Waals surface area contributed by atoms with Gasteiger partial charge in [-0.25, -0.2) is 4.98 Å². The van der Waals surface area contributed by atoms with Crippen LogP contribution in [0, 0.1) is 0 Å². The van der Waals surface area contributed by atoms with Gasteiger partial charge in [0.2, 0.25) is 0 Å². The van der Waals surface area contributed by atoms with Gasteiger partial charge in [0.15, 0.2) is 18.1 Å². The van der Waals surface area contributed by atoms with Crippen LogP contribution in [-0.4, -0.2) is 67.6 Å². The normalized spacial score (nSPS) is 15.7. The Hall–Kier alpha value is -1.90. The second-order valence-corrected chi connectivity index (χ2v) is 6.87. The summed E-state index contributed by atoms with van der Waals surface area (Å²) in [7, 11) is 3.64. The summed E-state index contributed by atoms with van der Waals surface area (Å²) >= 11 is 1.53. The summed E-state index contributed by atoms with van der Waals surface area (Å²) in [5.74, 6) is 1.12. The third-order valence-electron chi connectivity index (χ3n) is 4.10. The highest BCUT2D eigenvalue weighted by molar-refractivity contribution is 7.18. The first-order valence-electron chi connectivity index (χ1n) is 7.87. The maximum Gasteiger partial charge on any atom is 0.260 e. The second-order valence-electron chi connectivity index (χ2n) is 5.76. The summed E-state index contributed by atoms with van der Waals surface area (Å²) in [6.07, 6.45) is 0. The van der Waals surface area contributed by atoms with Crippen LogP contribution >= 0.6 is 11.3 Å². The summed E-state index contributed by atoms with van der Waals surface area (Å²) < 4.78 is 12.1. The molecule has 130 valence electrons. The molecule has 1 aliphatic heterocycles. The Balaban J connectivity index is 1.70. The number of thiazole rings is 1. The van der Waals surface area contributed by atoms with Crippen LogP contribution in [0.1, 0.15) is 5.01 Å². The van der Waals surface area contributed by atoms with E-state index >= 15 is 0 Å². The van der Waals surface area contributed by atoms with Crippen molar-refractivity contribution in [2.75, 3.05) is 46.9 Å². The van der Waals surface area contributed by atoms with E-state index in [0.29, 0.717) is 18.0 Å². The van der Waals surface area contributed by atoms with Gasteiger partial charge < -0.3 is 25.0 Å². The molecule has 0 bridgehead atoms. The van der Waals surface area contributed by atoms with Crippen molar-refractivity contribution in [1.29, 1.82) is 0 Å². The molecule has 0 atom stereocenters. The minimum Gasteiger partial charge on any atom is -0.493 e. The predicted octanol–water partition coefficient (Wildman–Crippen LogP) is 0.916. The lowest BCUT2D eigenvalue weighted by Gasteiger charge is -2.32. The maximum absolute atomic E-state index is 12.3. The highest BCUT2D eigenvalue weighted by Crippen LogP contribution is 2.34. The van der Waals surface area contributed by atoms with Crippen LogP contribution in [0.25, 0.3) is 10.2 Å². The zero-order valence-corrected chi connectivity index (χ0v) is 14.8. The van der Waals surface area contributed by atoms with Crippen molar-refractivity contribution >= 4 is 27.5 Å². The minimum absolute atomic E-state index is 0.000532. The third-order valence-corrected chi connectivity index (χ3v) is 5.14. The molecule has 1 aliphatic rings.